The number of nitrogens with one attached hydrogen (secondary N) is 1. The van der Waals surface area contributed by atoms with Gasteiger partial charge in [-0.2, -0.15) is 9.78 Å². The molecule has 1 aliphatic heterocycles. The highest BCUT2D eigenvalue weighted by Gasteiger charge is 2.18. The van der Waals surface area contributed by atoms with Crippen LogP contribution in [0.25, 0.3) is 5.82 Å². The van der Waals surface area contributed by atoms with Crippen LogP contribution in [0.1, 0.15) is 5.56 Å². The van der Waals surface area contributed by atoms with E-state index in [0.717, 1.165) is 17.1 Å². The lowest BCUT2D eigenvalue weighted by atomic mass is 10.3. The lowest BCUT2D eigenvalue weighted by Gasteiger charge is -2.06. The first-order valence-corrected chi connectivity index (χ1v) is 6.36. The molecule has 5 nitrogen and oxygen atoms in total. The Hall–Kier alpha value is -1.82. The Morgan fingerprint density at radius 1 is 1.35 bits per heavy atom. The van der Waals surface area contributed by atoms with Crippen molar-refractivity contribution in [2.24, 2.45) is 0 Å². The van der Waals surface area contributed by atoms with Crippen LogP contribution in [0.4, 0.5) is 5.82 Å². The minimum Gasteiger partial charge on any atom is -0.310 e. The summed E-state index contributed by atoms with van der Waals surface area (Å²) in [5.41, 5.74) is 1.03. The zero-order valence-corrected chi connectivity index (χ0v) is 9.78. The second-order valence-corrected chi connectivity index (χ2v) is 4.64. The number of pyridine rings is 1. The highest BCUT2D eigenvalue weighted by molar-refractivity contribution is 7.99. The maximum atomic E-state index is 11.5. The number of anilines is 1. The molecule has 0 aliphatic carbocycles. The van der Waals surface area contributed by atoms with Crippen LogP contribution < -0.4 is 5.32 Å². The second-order valence-electron chi connectivity index (χ2n) is 3.66. The molecule has 0 aromatic carbocycles. The first kappa shape index (κ1) is 10.3. The summed E-state index contributed by atoms with van der Waals surface area (Å²) < 4.78 is 1.67. The number of carbonyl (C=O) groups is 1. The fraction of sp³-hybridized carbons (Fsp3) is 0.182. The predicted molar refractivity (Wildman–Crippen MR) is 66.2 cm³/mol. The number of rotatable bonds is 1. The fourth-order valence-corrected chi connectivity index (χ4v) is 2.49. The van der Waals surface area contributed by atoms with E-state index >= 15 is 0 Å². The number of hydrogen-bond donors (Lipinski definition) is 1. The van der Waals surface area contributed by atoms with Gasteiger partial charge in [0.1, 0.15) is 5.82 Å². The lowest BCUT2D eigenvalue weighted by molar-refractivity contribution is -0.113. The Morgan fingerprint density at radius 3 is 3.12 bits per heavy atom. The number of aromatic nitrogens is 3. The van der Waals surface area contributed by atoms with Crippen molar-refractivity contribution in [1.82, 2.24) is 14.8 Å². The topological polar surface area (TPSA) is 59.8 Å². The molecule has 2 aromatic heterocycles. The molecule has 2 aromatic rings. The average Bonchev–Trinajstić information content (AvgIpc) is 2.64. The first-order chi connectivity index (χ1) is 8.34. The van der Waals surface area contributed by atoms with Crippen molar-refractivity contribution in [3.8, 4) is 5.82 Å². The van der Waals surface area contributed by atoms with Crippen LogP contribution >= 0.6 is 11.8 Å². The third-order valence-corrected chi connectivity index (χ3v) is 3.44. The normalized spacial score (nSPS) is 14.9. The third kappa shape index (κ3) is 1.91. The van der Waals surface area contributed by atoms with E-state index in [0.29, 0.717) is 11.6 Å². The van der Waals surface area contributed by atoms with Gasteiger partial charge in [-0.1, -0.05) is 6.07 Å². The van der Waals surface area contributed by atoms with Gasteiger partial charge in [-0.25, -0.2) is 4.98 Å². The maximum absolute atomic E-state index is 11.5. The van der Waals surface area contributed by atoms with Gasteiger partial charge in [0.2, 0.25) is 5.91 Å². The van der Waals surface area contributed by atoms with Crippen LogP contribution in [0.3, 0.4) is 0 Å². The Balaban J connectivity index is 2.08. The molecule has 6 heteroatoms. The van der Waals surface area contributed by atoms with E-state index in [4.69, 9.17) is 0 Å². The zero-order valence-electron chi connectivity index (χ0n) is 8.96. The molecule has 1 aliphatic rings. The Kier molecular flexibility index (Phi) is 2.56. The highest BCUT2D eigenvalue weighted by atomic mass is 32.2. The molecule has 86 valence electrons. The summed E-state index contributed by atoms with van der Waals surface area (Å²) in [6.07, 6.45) is 3.49. The van der Waals surface area contributed by atoms with Crippen LogP contribution in [-0.4, -0.2) is 26.4 Å². The van der Waals surface area contributed by atoms with E-state index in [9.17, 15) is 4.79 Å². The van der Waals surface area contributed by atoms with E-state index in [1.165, 1.54) is 0 Å². The minimum atomic E-state index is 0.00595. The molecular weight excluding hydrogens is 236 g/mol. The van der Waals surface area contributed by atoms with Crippen LogP contribution in [0, 0.1) is 0 Å². The van der Waals surface area contributed by atoms with E-state index in [1.807, 2.05) is 18.2 Å². The lowest BCUT2D eigenvalue weighted by Crippen LogP contribution is -2.16. The fourth-order valence-electron chi connectivity index (χ4n) is 1.70. The van der Waals surface area contributed by atoms with Gasteiger partial charge >= 0.3 is 0 Å². The summed E-state index contributed by atoms with van der Waals surface area (Å²) in [4.78, 5) is 15.8. The third-order valence-electron chi connectivity index (χ3n) is 2.46. The summed E-state index contributed by atoms with van der Waals surface area (Å²) in [5, 5.41) is 7.14. The first-order valence-electron chi connectivity index (χ1n) is 5.20. The van der Waals surface area contributed by atoms with Crippen molar-refractivity contribution in [1.29, 1.82) is 0 Å². The summed E-state index contributed by atoms with van der Waals surface area (Å²) in [7, 11) is 0. The molecular formula is C11H10N4OS. The van der Waals surface area contributed by atoms with Gasteiger partial charge in [0.15, 0.2) is 5.82 Å². The molecule has 3 heterocycles. The predicted octanol–water partition coefficient (Wildman–Crippen LogP) is 1.45. The monoisotopic (exact) mass is 246 g/mol. The molecule has 0 saturated heterocycles. The summed E-state index contributed by atoms with van der Waals surface area (Å²) >= 11 is 1.59. The van der Waals surface area contributed by atoms with Gasteiger partial charge in [-0.05, 0) is 12.1 Å². The Labute approximate surface area is 102 Å². The summed E-state index contributed by atoms with van der Waals surface area (Å²) in [6.45, 7) is 0. The molecule has 0 spiro atoms. The molecule has 0 saturated carbocycles. The molecule has 17 heavy (non-hydrogen) atoms. The molecule has 3 rings (SSSR count). The second kappa shape index (κ2) is 4.21. The van der Waals surface area contributed by atoms with Crippen LogP contribution in [0.5, 0.6) is 0 Å². The van der Waals surface area contributed by atoms with Crippen molar-refractivity contribution in [3.63, 3.8) is 0 Å². The van der Waals surface area contributed by atoms with Gasteiger partial charge in [0.25, 0.3) is 0 Å². The smallest absolute Gasteiger partial charge is 0.235 e. The SMILES string of the molecule is O=C1CSCc2cnn(-c3ccccn3)c2N1. The average molecular weight is 246 g/mol. The number of hydrogen-bond acceptors (Lipinski definition) is 4. The largest absolute Gasteiger partial charge is 0.310 e. The van der Waals surface area contributed by atoms with Gasteiger partial charge in [-0.15, -0.1) is 11.8 Å². The van der Waals surface area contributed by atoms with Gasteiger partial charge < -0.3 is 5.32 Å². The Morgan fingerprint density at radius 2 is 2.29 bits per heavy atom. The standard InChI is InChI=1S/C11H10N4OS/c16-10-7-17-6-8-5-13-15(11(8)14-10)9-3-1-2-4-12-9/h1-5H,6-7H2,(H,14,16). The Bertz CT molecular complexity index is 552. The number of thioether (sulfide) groups is 1. The molecule has 0 bridgehead atoms. The van der Waals surface area contributed by atoms with Crippen LogP contribution in [0.2, 0.25) is 0 Å². The van der Waals surface area contributed by atoms with Gasteiger partial charge in [0.05, 0.1) is 11.9 Å². The quantitative estimate of drug-likeness (QED) is 0.827. The van der Waals surface area contributed by atoms with E-state index in [1.54, 1.807) is 28.8 Å². The minimum absolute atomic E-state index is 0.00595. The number of fused-ring (bicyclic) bond motifs is 1. The van der Waals surface area contributed by atoms with Crippen molar-refractivity contribution >= 4 is 23.5 Å². The van der Waals surface area contributed by atoms with Crippen molar-refractivity contribution < 1.29 is 4.79 Å². The van der Waals surface area contributed by atoms with Crippen molar-refractivity contribution in [2.45, 2.75) is 5.75 Å². The summed E-state index contributed by atoms with van der Waals surface area (Å²) in [5.74, 6) is 2.73. The molecule has 0 unspecified atom stereocenters. The van der Waals surface area contributed by atoms with Gasteiger partial charge in [-0.3, -0.25) is 4.79 Å². The molecule has 0 fully saturated rings. The summed E-state index contributed by atoms with van der Waals surface area (Å²) in [6, 6.07) is 5.60. The molecule has 0 radical (unpaired) electrons. The van der Waals surface area contributed by atoms with Gasteiger partial charge in [0, 0.05) is 17.5 Å². The van der Waals surface area contributed by atoms with Crippen molar-refractivity contribution in [2.75, 3.05) is 11.1 Å². The van der Waals surface area contributed by atoms with Crippen LogP contribution in [0.15, 0.2) is 30.6 Å². The van der Waals surface area contributed by atoms with E-state index < -0.39 is 0 Å². The number of amides is 1. The highest BCUT2D eigenvalue weighted by Crippen LogP contribution is 2.26. The molecule has 1 N–H and O–H groups in total. The molecule has 0 atom stereocenters. The van der Waals surface area contributed by atoms with Crippen molar-refractivity contribution in [3.05, 3.63) is 36.2 Å². The molecule has 1 amide bonds. The number of carbonyl (C=O) groups excluding carboxylic acids is 1. The maximum Gasteiger partial charge on any atom is 0.235 e. The number of nitrogens with zero attached hydrogens (tertiary/aromatic N) is 3. The van der Waals surface area contributed by atoms with Crippen LogP contribution in [-0.2, 0) is 10.5 Å². The van der Waals surface area contributed by atoms with E-state index in [-0.39, 0.29) is 5.91 Å². The van der Waals surface area contributed by atoms with E-state index in [2.05, 4.69) is 15.4 Å². The zero-order chi connectivity index (χ0) is 11.7.